The fraction of sp³-hybridized carbons (Fsp3) is 1.00. The molecule has 1 atom stereocenters. The predicted octanol–water partition coefficient (Wildman–Crippen LogP) is 2.28. The third-order valence-electron chi connectivity index (χ3n) is 4.02. The molecule has 0 bridgehead atoms. The molecule has 0 aromatic rings. The van der Waals surface area contributed by atoms with E-state index in [9.17, 15) is 0 Å². The summed E-state index contributed by atoms with van der Waals surface area (Å²) in [4.78, 5) is 5.25. The highest BCUT2D eigenvalue weighted by atomic mass is 15.3. The van der Waals surface area contributed by atoms with Crippen molar-refractivity contribution in [3.63, 3.8) is 0 Å². The minimum Gasteiger partial charge on any atom is -0.312 e. The Bertz CT molecular complexity index is 237. The van der Waals surface area contributed by atoms with Gasteiger partial charge in [0.2, 0.25) is 0 Å². The second-order valence-corrected chi connectivity index (χ2v) is 7.47. The van der Waals surface area contributed by atoms with Crippen LogP contribution in [0.15, 0.2) is 0 Å². The smallest absolute Gasteiger partial charge is 0.0243 e. The first-order valence-corrected chi connectivity index (χ1v) is 8.01. The first-order chi connectivity index (χ1) is 8.82. The van der Waals surface area contributed by atoms with E-state index in [1.807, 2.05) is 0 Å². The van der Waals surface area contributed by atoms with E-state index in [4.69, 9.17) is 0 Å². The fourth-order valence-electron chi connectivity index (χ4n) is 2.82. The van der Waals surface area contributed by atoms with Gasteiger partial charge in [-0.25, -0.2) is 0 Å². The molecule has 0 radical (unpaired) electrons. The van der Waals surface area contributed by atoms with Crippen LogP contribution in [0.1, 0.15) is 41.5 Å². The first kappa shape index (κ1) is 16.9. The molecule has 19 heavy (non-hydrogen) atoms. The van der Waals surface area contributed by atoms with Crippen molar-refractivity contribution < 1.29 is 0 Å². The minimum atomic E-state index is 0.338. The number of piperazine rings is 1. The van der Waals surface area contributed by atoms with Gasteiger partial charge in [0, 0.05) is 45.3 Å². The van der Waals surface area contributed by atoms with Crippen molar-refractivity contribution in [3.05, 3.63) is 0 Å². The topological polar surface area (TPSA) is 18.5 Å². The number of hydrogen-bond donors (Lipinski definition) is 1. The summed E-state index contributed by atoms with van der Waals surface area (Å²) in [7, 11) is 0. The second kappa shape index (κ2) is 7.61. The van der Waals surface area contributed by atoms with Gasteiger partial charge in [-0.1, -0.05) is 41.5 Å². The van der Waals surface area contributed by atoms with Gasteiger partial charge in [-0.3, -0.25) is 4.90 Å². The second-order valence-electron chi connectivity index (χ2n) is 7.47. The number of likely N-dealkylation sites (N-methyl/N-ethyl adjacent to an activating group) is 1. The van der Waals surface area contributed by atoms with Crippen molar-refractivity contribution in [2.45, 2.75) is 47.6 Å². The Hall–Kier alpha value is -0.120. The van der Waals surface area contributed by atoms with E-state index in [0.29, 0.717) is 11.5 Å². The Balaban J connectivity index is 2.38. The lowest BCUT2D eigenvalue weighted by Crippen LogP contribution is -2.54. The van der Waals surface area contributed by atoms with Crippen LogP contribution in [0.3, 0.4) is 0 Å². The monoisotopic (exact) mass is 269 g/mol. The molecule has 1 aliphatic heterocycles. The first-order valence-electron chi connectivity index (χ1n) is 8.01. The maximum absolute atomic E-state index is 3.66. The summed E-state index contributed by atoms with van der Waals surface area (Å²) in [5.41, 5.74) is 0.338. The van der Waals surface area contributed by atoms with Crippen molar-refractivity contribution in [3.8, 4) is 0 Å². The molecule has 0 aliphatic carbocycles. The molecular formula is C16H35N3. The van der Waals surface area contributed by atoms with Crippen LogP contribution in [0.5, 0.6) is 0 Å². The summed E-state index contributed by atoms with van der Waals surface area (Å²) in [6.07, 6.45) is 0. The maximum atomic E-state index is 3.66. The molecule has 3 heteroatoms. The van der Waals surface area contributed by atoms with Gasteiger partial charge >= 0.3 is 0 Å². The van der Waals surface area contributed by atoms with Gasteiger partial charge in [0.1, 0.15) is 0 Å². The summed E-state index contributed by atoms with van der Waals surface area (Å²) in [5, 5.41) is 3.66. The van der Waals surface area contributed by atoms with Crippen LogP contribution in [0.2, 0.25) is 0 Å². The van der Waals surface area contributed by atoms with Crippen molar-refractivity contribution >= 4 is 0 Å². The Morgan fingerprint density at radius 3 is 1.79 bits per heavy atom. The molecule has 0 spiro atoms. The molecular weight excluding hydrogens is 234 g/mol. The zero-order chi connectivity index (χ0) is 14.5. The summed E-state index contributed by atoms with van der Waals surface area (Å²) in [5.74, 6) is 0.788. The molecule has 1 N–H and O–H groups in total. The molecule has 1 saturated heterocycles. The van der Waals surface area contributed by atoms with Crippen molar-refractivity contribution in [2.75, 3.05) is 45.8 Å². The number of hydrogen-bond acceptors (Lipinski definition) is 3. The molecule has 1 rings (SSSR count). The lowest BCUT2D eigenvalue weighted by Gasteiger charge is -2.40. The van der Waals surface area contributed by atoms with Gasteiger partial charge in [-0.2, -0.15) is 0 Å². The number of nitrogens with one attached hydrogen (secondary N) is 1. The molecule has 0 aromatic heterocycles. The standard InChI is InChI=1S/C16H35N3/c1-7-17-15(16(4,5)6)13-19-10-8-18(9-11-19)12-14(2)3/h14-15,17H,7-13H2,1-6H3. The van der Waals surface area contributed by atoms with Crippen molar-refractivity contribution in [1.29, 1.82) is 0 Å². The lowest BCUT2D eigenvalue weighted by atomic mass is 9.86. The quantitative estimate of drug-likeness (QED) is 0.798. The van der Waals surface area contributed by atoms with Crippen LogP contribution < -0.4 is 5.32 Å². The molecule has 1 fully saturated rings. The minimum absolute atomic E-state index is 0.338. The van der Waals surface area contributed by atoms with Crippen LogP contribution in [-0.2, 0) is 0 Å². The zero-order valence-electron chi connectivity index (χ0n) is 14.0. The lowest BCUT2D eigenvalue weighted by molar-refractivity contribution is 0.0964. The Morgan fingerprint density at radius 1 is 0.947 bits per heavy atom. The van der Waals surface area contributed by atoms with Crippen molar-refractivity contribution in [1.82, 2.24) is 15.1 Å². The van der Waals surface area contributed by atoms with Gasteiger partial charge in [-0.05, 0) is 17.9 Å². The van der Waals surface area contributed by atoms with Crippen LogP contribution in [0, 0.1) is 11.3 Å². The van der Waals surface area contributed by atoms with Crippen LogP contribution >= 0.6 is 0 Å². The summed E-state index contributed by atoms with van der Waals surface area (Å²) in [6.45, 7) is 22.3. The van der Waals surface area contributed by atoms with Crippen LogP contribution in [-0.4, -0.2) is 61.7 Å². The van der Waals surface area contributed by atoms with Crippen molar-refractivity contribution in [2.24, 2.45) is 11.3 Å². The van der Waals surface area contributed by atoms with E-state index < -0.39 is 0 Å². The SMILES string of the molecule is CCNC(CN1CCN(CC(C)C)CC1)C(C)(C)C. The average molecular weight is 269 g/mol. The van der Waals surface area contributed by atoms with E-state index in [1.165, 1.54) is 39.3 Å². The molecule has 0 aromatic carbocycles. The zero-order valence-corrected chi connectivity index (χ0v) is 14.0. The highest BCUT2D eigenvalue weighted by Crippen LogP contribution is 2.20. The Labute approximate surface area is 120 Å². The Morgan fingerprint density at radius 2 is 1.42 bits per heavy atom. The summed E-state index contributed by atoms with van der Waals surface area (Å²) < 4.78 is 0. The number of rotatable bonds is 6. The molecule has 1 aliphatic rings. The normalized spacial score (nSPS) is 21.0. The van der Waals surface area contributed by atoms with Crippen LogP contribution in [0.4, 0.5) is 0 Å². The third-order valence-corrected chi connectivity index (χ3v) is 4.02. The van der Waals surface area contributed by atoms with E-state index in [1.54, 1.807) is 0 Å². The molecule has 0 amide bonds. The third kappa shape index (κ3) is 6.24. The highest BCUT2D eigenvalue weighted by molar-refractivity contribution is 4.85. The van der Waals surface area contributed by atoms with E-state index in [-0.39, 0.29) is 0 Å². The summed E-state index contributed by atoms with van der Waals surface area (Å²) in [6, 6.07) is 0.592. The van der Waals surface area contributed by atoms with E-state index in [0.717, 1.165) is 12.5 Å². The van der Waals surface area contributed by atoms with Gasteiger partial charge in [0.15, 0.2) is 0 Å². The van der Waals surface area contributed by atoms with E-state index in [2.05, 4.69) is 56.7 Å². The largest absolute Gasteiger partial charge is 0.312 e. The van der Waals surface area contributed by atoms with E-state index >= 15 is 0 Å². The van der Waals surface area contributed by atoms with Gasteiger partial charge in [0.25, 0.3) is 0 Å². The molecule has 0 saturated carbocycles. The fourth-order valence-corrected chi connectivity index (χ4v) is 2.82. The van der Waals surface area contributed by atoms with Crippen LogP contribution in [0.25, 0.3) is 0 Å². The maximum Gasteiger partial charge on any atom is 0.0243 e. The van der Waals surface area contributed by atoms with Gasteiger partial charge < -0.3 is 10.2 Å². The summed E-state index contributed by atoms with van der Waals surface area (Å²) >= 11 is 0. The Kier molecular flexibility index (Phi) is 6.78. The number of nitrogens with zero attached hydrogens (tertiary/aromatic N) is 2. The average Bonchev–Trinajstić information content (AvgIpc) is 2.29. The highest BCUT2D eigenvalue weighted by Gasteiger charge is 2.27. The molecule has 1 unspecified atom stereocenters. The van der Waals surface area contributed by atoms with Gasteiger partial charge in [0.05, 0.1) is 0 Å². The molecule has 1 heterocycles. The predicted molar refractivity (Wildman–Crippen MR) is 84.6 cm³/mol. The molecule has 3 nitrogen and oxygen atoms in total. The van der Waals surface area contributed by atoms with Gasteiger partial charge in [-0.15, -0.1) is 0 Å². The molecule has 114 valence electrons.